The molecular formula is C15H32N2. The first-order valence-corrected chi connectivity index (χ1v) is 7.50. The second-order valence-corrected chi connectivity index (χ2v) is 6.46. The molecular weight excluding hydrogens is 208 g/mol. The molecule has 0 aromatic heterocycles. The molecule has 0 aliphatic heterocycles. The summed E-state index contributed by atoms with van der Waals surface area (Å²) < 4.78 is 0. The molecule has 102 valence electrons. The Kier molecular flexibility index (Phi) is 6.50. The molecule has 0 bridgehead atoms. The molecule has 1 N–H and O–H groups in total. The third kappa shape index (κ3) is 5.39. The van der Waals surface area contributed by atoms with Crippen LogP contribution >= 0.6 is 0 Å². The highest BCUT2D eigenvalue weighted by atomic mass is 15.2. The molecule has 1 rings (SSSR count). The van der Waals surface area contributed by atoms with Gasteiger partial charge in [-0.2, -0.15) is 0 Å². The summed E-state index contributed by atoms with van der Waals surface area (Å²) in [4.78, 5) is 2.74. The molecule has 1 saturated carbocycles. The van der Waals surface area contributed by atoms with Crippen molar-refractivity contribution in [2.75, 3.05) is 19.6 Å². The SMILES string of the molecule is CCNC1CCC(N(CC(C)C)CC(C)C)C1. The van der Waals surface area contributed by atoms with Gasteiger partial charge in [-0.25, -0.2) is 0 Å². The summed E-state index contributed by atoms with van der Waals surface area (Å²) >= 11 is 0. The Balaban J connectivity index is 2.46. The zero-order valence-corrected chi connectivity index (χ0v) is 12.5. The van der Waals surface area contributed by atoms with E-state index in [2.05, 4.69) is 44.8 Å². The lowest BCUT2D eigenvalue weighted by atomic mass is 10.1. The van der Waals surface area contributed by atoms with Crippen molar-refractivity contribution in [3.05, 3.63) is 0 Å². The van der Waals surface area contributed by atoms with Crippen LogP contribution in [0.25, 0.3) is 0 Å². The highest BCUT2D eigenvalue weighted by Crippen LogP contribution is 2.25. The van der Waals surface area contributed by atoms with E-state index < -0.39 is 0 Å². The zero-order chi connectivity index (χ0) is 12.8. The highest BCUT2D eigenvalue weighted by Gasteiger charge is 2.29. The summed E-state index contributed by atoms with van der Waals surface area (Å²) in [5.74, 6) is 1.57. The molecule has 0 radical (unpaired) electrons. The molecule has 1 fully saturated rings. The van der Waals surface area contributed by atoms with E-state index in [9.17, 15) is 0 Å². The molecule has 2 atom stereocenters. The number of hydrogen-bond donors (Lipinski definition) is 1. The van der Waals surface area contributed by atoms with Crippen molar-refractivity contribution in [2.45, 2.75) is 66.0 Å². The molecule has 0 aromatic rings. The Hall–Kier alpha value is -0.0800. The monoisotopic (exact) mass is 240 g/mol. The first-order valence-electron chi connectivity index (χ1n) is 7.50. The highest BCUT2D eigenvalue weighted by molar-refractivity contribution is 4.87. The van der Waals surface area contributed by atoms with Gasteiger partial charge < -0.3 is 5.32 Å². The average molecular weight is 240 g/mol. The van der Waals surface area contributed by atoms with Gasteiger partial charge in [-0.15, -0.1) is 0 Å². The number of nitrogens with zero attached hydrogens (tertiary/aromatic N) is 1. The lowest BCUT2D eigenvalue weighted by molar-refractivity contribution is 0.156. The number of nitrogens with one attached hydrogen (secondary N) is 1. The minimum Gasteiger partial charge on any atom is -0.314 e. The average Bonchev–Trinajstić information content (AvgIpc) is 2.64. The van der Waals surface area contributed by atoms with Crippen LogP contribution in [-0.2, 0) is 0 Å². The Labute approximate surface area is 108 Å². The molecule has 2 heteroatoms. The van der Waals surface area contributed by atoms with E-state index in [1.165, 1.54) is 32.4 Å². The van der Waals surface area contributed by atoms with Crippen LogP contribution in [0, 0.1) is 11.8 Å². The Morgan fingerprint density at radius 2 is 1.65 bits per heavy atom. The third-order valence-corrected chi connectivity index (χ3v) is 3.61. The lowest BCUT2D eigenvalue weighted by Gasteiger charge is -2.32. The summed E-state index contributed by atoms with van der Waals surface area (Å²) in [6, 6.07) is 1.59. The molecule has 0 heterocycles. The summed E-state index contributed by atoms with van der Waals surface area (Å²) in [5.41, 5.74) is 0. The van der Waals surface area contributed by atoms with Gasteiger partial charge in [0.25, 0.3) is 0 Å². The van der Waals surface area contributed by atoms with Crippen LogP contribution in [0.3, 0.4) is 0 Å². The van der Waals surface area contributed by atoms with Crippen LogP contribution in [0.2, 0.25) is 0 Å². The van der Waals surface area contributed by atoms with E-state index in [0.717, 1.165) is 30.5 Å². The van der Waals surface area contributed by atoms with E-state index >= 15 is 0 Å². The van der Waals surface area contributed by atoms with Crippen molar-refractivity contribution in [1.29, 1.82) is 0 Å². The van der Waals surface area contributed by atoms with Crippen LogP contribution < -0.4 is 5.32 Å². The second-order valence-electron chi connectivity index (χ2n) is 6.46. The molecule has 2 nitrogen and oxygen atoms in total. The van der Waals surface area contributed by atoms with Crippen LogP contribution in [0.5, 0.6) is 0 Å². The van der Waals surface area contributed by atoms with Crippen molar-refractivity contribution >= 4 is 0 Å². The second kappa shape index (κ2) is 7.38. The fourth-order valence-corrected chi connectivity index (χ4v) is 3.07. The minimum atomic E-state index is 0.770. The minimum absolute atomic E-state index is 0.770. The van der Waals surface area contributed by atoms with Gasteiger partial charge in [0, 0.05) is 25.2 Å². The maximum atomic E-state index is 3.61. The molecule has 0 spiro atoms. The van der Waals surface area contributed by atoms with Crippen LogP contribution in [-0.4, -0.2) is 36.6 Å². The van der Waals surface area contributed by atoms with Gasteiger partial charge >= 0.3 is 0 Å². The molecule has 0 amide bonds. The predicted octanol–water partition coefficient (Wildman–Crippen LogP) is 3.13. The van der Waals surface area contributed by atoms with E-state index in [0.29, 0.717) is 0 Å². The molecule has 0 aromatic carbocycles. The topological polar surface area (TPSA) is 15.3 Å². The van der Waals surface area contributed by atoms with Crippen molar-refractivity contribution in [3.8, 4) is 0 Å². The Morgan fingerprint density at radius 1 is 1.06 bits per heavy atom. The van der Waals surface area contributed by atoms with Gasteiger partial charge in [0.15, 0.2) is 0 Å². The van der Waals surface area contributed by atoms with E-state index in [-0.39, 0.29) is 0 Å². The summed E-state index contributed by atoms with van der Waals surface area (Å²) in [6.07, 6.45) is 4.11. The molecule has 1 aliphatic rings. The number of hydrogen-bond acceptors (Lipinski definition) is 2. The van der Waals surface area contributed by atoms with Crippen molar-refractivity contribution < 1.29 is 0 Å². The maximum absolute atomic E-state index is 3.61. The van der Waals surface area contributed by atoms with E-state index in [1.807, 2.05) is 0 Å². The fourth-order valence-electron chi connectivity index (χ4n) is 3.07. The van der Waals surface area contributed by atoms with Gasteiger partial charge in [-0.05, 0) is 37.6 Å². The fraction of sp³-hybridized carbons (Fsp3) is 1.00. The normalized spacial score (nSPS) is 25.4. The quantitative estimate of drug-likeness (QED) is 0.735. The zero-order valence-electron chi connectivity index (χ0n) is 12.5. The molecule has 17 heavy (non-hydrogen) atoms. The molecule has 1 aliphatic carbocycles. The van der Waals surface area contributed by atoms with E-state index in [4.69, 9.17) is 0 Å². The van der Waals surface area contributed by atoms with Crippen LogP contribution in [0.1, 0.15) is 53.9 Å². The first kappa shape index (κ1) is 15.0. The van der Waals surface area contributed by atoms with Gasteiger partial charge in [0.05, 0.1) is 0 Å². The summed E-state index contributed by atoms with van der Waals surface area (Å²) in [5, 5.41) is 3.61. The lowest BCUT2D eigenvalue weighted by Crippen LogP contribution is -2.40. The number of rotatable bonds is 7. The van der Waals surface area contributed by atoms with Crippen molar-refractivity contribution in [1.82, 2.24) is 10.2 Å². The molecule has 0 saturated heterocycles. The first-order chi connectivity index (χ1) is 8.02. The van der Waals surface area contributed by atoms with Crippen molar-refractivity contribution in [3.63, 3.8) is 0 Å². The predicted molar refractivity (Wildman–Crippen MR) is 76.4 cm³/mol. The van der Waals surface area contributed by atoms with Gasteiger partial charge in [-0.1, -0.05) is 34.6 Å². The van der Waals surface area contributed by atoms with Crippen LogP contribution in [0.15, 0.2) is 0 Å². The van der Waals surface area contributed by atoms with E-state index in [1.54, 1.807) is 0 Å². The van der Waals surface area contributed by atoms with Gasteiger partial charge in [0.1, 0.15) is 0 Å². The van der Waals surface area contributed by atoms with Gasteiger partial charge in [0.2, 0.25) is 0 Å². The third-order valence-electron chi connectivity index (χ3n) is 3.61. The maximum Gasteiger partial charge on any atom is 0.0111 e. The Bertz CT molecular complexity index is 191. The van der Waals surface area contributed by atoms with Gasteiger partial charge in [-0.3, -0.25) is 4.90 Å². The smallest absolute Gasteiger partial charge is 0.0111 e. The standard InChI is InChI=1S/C15H32N2/c1-6-16-14-7-8-15(9-14)17(10-12(2)3)11-13(4)5/h12-16H,6-11H2,1-5H3. The van der Waals surface area contributed by atoms with Crippen LogP contribution in [0.4, 0.5) is 0 Å². The summed E-state index contributed by atoms with van der Waals surface area (Å²) in [6.45, 7) is 15.2. The molecule has 2 unspecified atom stereocenters. The Morgan fingerprint density at radius 3 is 2.12 bits per heavy atom. The van der Waals surface area contributed by atoms with Crippen molar-refractivity contribution in [2.24, 2.45) is 11.8 Å². The largest absolute Gasteiger partial charge is 0.314 e. The summed E-state index contributed by atoms with van der Waals surface area (Å²) in [7, 11) is 0.